The fourth-order valence-electron chi connectivity index (χ4n) is 5.54. The molecule has 0 radical (unpaired) electrons. The van der Waals surface area contributed by atoms with E-state index < -0.39 is 0 Å². The Morgan fingerprint density at radius 3 is 1.98 bits per heavy atom. The van der Waals surface area contributed by atoms with Gasteiger partial charge in [-0.05, 0) is 52.6 Å². The lowest BCUT2D eigenvalue weighted by atomic mass is 9.99. The van der Waals surface area contributed by atoms with E-state index in [1.54, 1.807) is 6.26 Å². The van der Waals surface area contributed by atoms with Crippen molar-refractivity contribution in [2.24, 2.45) is 0 Å². The highest BCUT2D eigenvalue weighted by Gasteiger charge is 2.15. The van der Waals surface area contributed by atoms with Gasteiger partial charge in [-0.15, -0.1) is 11.3 Å². The average Bonchev–Trinajstić information content (AvgIpc) is 3.74. The van der Waals surface area contributed by atoms with E-state index in [0.29, 0.717) is 11.6 Å². The van der Waals surface area contributed by atoms with Crippen LogP contribution in [-0.4, -0.2) is 9.97 Å². The van der Waals surface area contributed by atoms with Crippen LogP contribution >= 0.6 is 11.3 Å². The lowest BCUT2D eigenvalue weighted by molar-refractivity contribution is 0.577. The van der Waals surface area contributed by atoms with Crippen LogP contribution in [0.25, 0.3) is 76.5 Å². The molecule has 3 heterocycles. The van der Waals surface area contributed by atoms with Gasteiger partial charge in [0.1, 0.15) is 0 Å². The second-order valence-corrected chi connectivity index (χ2v) is 11.3. The van der Waals surface area contributed by atoms with E-state index in [2.05, 4.69) is 121 Å². The topological polar surface area (TPSA) is 38.9 Å². The van der Waals surface area contributed by atoms with Gasteiger partial charge in [0, 0.05) is 31.3 Å². The molecule has 0 aliphatic heterocycles. The summed E-state index contributed by atoms with van der Waals surface area (Å²) in [4.78, 5) is 9.88. The molecular formula is C38H24N2OS. The third-order valence-electron chi connectivity index (χ3n) is 7.63. The van der Waals surface area contributed by atoms with Gasteiger partial charge >= 0.3 is 0 Å². The van der Waals surface area contributed by atoms with E-state index in [4.69, 9.17) is 14.4 Å². The molecule has 8 aromatic rings. The minimum Gasteiger partial charge on any atom is -0.461 e. The van der Waals surface area contributed by atoms with Gasteiger partial charge in [0.15, 0.2) is 11.6 Å². The van der Waals surface area contributed by atoms with Crippen molar-refractivity contribution >= 4 is 31.5 Å². The summed E-state index contributed by atoms with van der Waals surface area (Å²) in [7, 11) is 0. The molecule has 0 fully saturated rings. The van der Waals surface area contributed by atoms with Crippen LogP contribution in [0.2, 0.25) is 0 Å². The number of hydrogen-bond acceptors (Lipinski definition) is 4. The van der Waals surface area contributed by atoms with E-state index in [-0.39, 0.29) is 0 Å². The molecular weight excluding hydrogens is 532 g/mol. The first-order chi connectivity index (χ1) is 20.8. The monoisotopic (exact) mass is 556 g/mol. The van der Waals surface area contributed by atoms with Crippen molar-refractivity contribution < 1.29 is 4.42 Å². The molecule has 0 saturated heterocycles. The zero-order valence-corrected chi connectivity index (χ0v) is 23.4. The lowest BCUT2D eigenvalue weighted by Crippen LogP contribution is -1.95. The zero-order valence-electron chi connectivity index (χ0n) is 22.6. The number of thiophene rings is 1. The summed E-state index contributed by atoms with van der Waals surface area (Å²) < 4.78 is 8.33. The predicted molar refractivity (Wildman–Crippen MR) is 174 cm³/mol. The number of furan rings is 1. The number of benzene rings is 5. The standard InChI is InChI=1S/C38H24N2OS/c1-2-9-25(10-3-1)26-18-20-27(21-19-26)33-24-34(40-38(39-33)35-16-8-22-41-35)29-12-6-11-28(23-29)30-14-7-15-32-31-13-4-5-17-36(31)42-37(30)32/h1-24H. The molecule has 0 aliphatic rings. The first-order valence-electron chi connectivity index (χ1n) is 13.9. The minimum atomic E-state index is 0.566. The van der Waals surface area contributed by atoms with Crippen LogP contribution in [-0.2, 0) is 0 Å². The van der Waals surface area contributed by atoms with E-state index in [9.17, 15) is 0 Å². The fraction of sp³-hybridized carbons (Fsp3) is 0. The van der Waals surface area contributed by atoms with Crippen molar-refractivity contribution in [3.8, 4) is 56.4 Å². The van der Waals surface area contributed by atoms with Crippen molar-refractivity contribution in [2.75, 3.05) is 0 Å². The second kappa shape index (κ2) is 10.3. The molecule has 0 atom stereocenters. The Kier molecular flexibility index (Phi) is 5.98. The third-order valence-corrected chi connectivity index (χ3v) is 8.85. The highest BCUT2D eigenvalue weighted by atomic mass is 32.1. The Morgan fingerprint density at radius 1 is 0.476 bits per heavy atom. The van der Waals surface area contributed by atoms with Crippen molar-refractivity contribution in [1.29, 1.82) is 0 Å². The molecule has 198 valence electrons. The maximum atomic E-state index is 5.72. The predicted octanol–water partition coefficient (Wildman–Crippen LogP) is 10.8. The van der Waals surface area contributed by atoms with Gasteiger partial charge in [-0.3, -0.25) is 0 Å². The summed E-state index contributed by atoms with van der Waals surface area (Å²) in [6.07, 6.45) is 1.66. The molecule has 0 aliphatic carbocycles. The summed E-state index contributed by atoms with van der Waals surface area (Å²) in [5, 5.41) is 2.60. The van der Waals surface area contributed by atoms with Gasteiger partial charge in [-0.25, -0.2) is 9.97 Å². The molecule has 0 unspecified atom stereocenters. The van der Waals surface area contributed by atoms with Gasteiger partial charge in [-0.1, -0.05) is 109 Å². The van der Waals surface area contributed by atoms with E-state index in [0.717, 1.165) is 28.1 Å². The van der Waals surface area contributed by atoms with Crippen LogP contribution in [0.4, 0.5) is 0 Å². The van der Waals surface area contributed by atoms with E-state index >= 15 is 0 Å². The molecule has 42 heavy (non-hydrogen) atoms. The minimum absolute atomic E-state index is 0.566. The van der Waals surface area contributed by atoms with Crippen molar-refractivity contribution in [3.63, 3.8) is 0 Å². The number of fused-ring (bicyclic) bond motifs is 3. The van der Waals surface area contributed by atoms with Gasteiger partial charge in [0.2, 0.25) is 0 Å². The number of hydrogen-bond donors (Lipinski definition) is 0. The highest BCUT2D eigenvalue weighted by Crippen LogP contribution is 2.40. The molecule has 4 heteroatoms. The maximum absolute atomic E-state index is 5.72. The summed E-state index contributed by atoms with van der Waals surface area (Å²) in [5.74, 6) is 1.21. The average molecular weight is 557 g/mol. The maximum Gasteiger partial charge on any atom is 0.196 e. The molecule has 3 nitrogen and oxygen atoms in total. The summed E-state index contributed by atoms with van der Waals surface area (Å²) >= 11 is 1.85. The second-order valence-electron chi connectivity index (χ2n) is 10.2. The summed E-state index contributed by atoms with van der Waals surface area (Å²) in [6, 6.07) is 48.6. The summed E-state index contributed by atoms with van der Waals surface area (Å²) in [5.41, 5.74) is 8.51. The zero-order chi connectivity index (χ0) is 27.9. The molecule has 0 N–H and O–H groups in total. The van der Waals surface area contributed by atoms with Crippen LogP contribution in [0.1, 0.15) is 0 Å². The molecule has 0 saturated carbocycles. The number of nitrogens with zero attached hydrogens (tertiary/aromatic N) is 2. The lowest BCUT2D eigenvalue weighted by Gasteiger charge is -2.10. The summed E-state index contributed by atoms with van der Waals surface area (Å²) in [6.45, 7) is 0. The van der Waals surface area contributed by atoms with Crippen molar-refractivity contribution in [1.82, 2.24) is 9.97 Å². The Morgan fingerprint density at radius 2 is 1.14 bits per heavy atom. The van der Waals surface area contributed by atoms with Crippen LogP contribution in [0.5, 0.6) is 0 Å². The van der Waals surface area contributed by atoms with Crippen LogP contribution in [0, 0.1) is 0 Å². The van der Waals surface area contributed by atoms with Gasteiger partial charge in [0.05, 0.1) is 17.7 Å². The first kappa shape index (κ1) is 24.5. The molecule has 0 spiro atoms. The number of aromatic nitrogens is 2. The van der Waals surface area contributed by atoms with Crippen LogP contribution in [0.15, 0.2) is 150 Å². The highest BCUT2D eigenvalue weighted by molar-refractivity contribution is 7.26. The Balaban J connectivity index is 1.24. The molecule has 0 amide bonds. The van der Waals surface area contributed by atoms with Crippen molar-refractivity contribution in [2.45, 2.75) is 0 Å². The first-order valence-corrected chi connectivity index (χ1v) is 14.7. The SMILES string of the molecule is c1ccc(-c2ccc(-c3cc(-c4cccc(-c5cccc6c5sc5ccccc56)c4)nc(-c4ccco4)n3)cc2)cc1. The quantitative estimate of drug-likeness (QED) is 0.212. The molecule has 0 bridgehead atoms. The van der Waals surface area contributed by atoms with Gasteiger partial charge in [-0.2, -0.15) is 0 Å². The third kappa shape index (κ3) is 4.39. The van der Waals surface area contributed by atoms with E-state index in [1.807, 2.05) is 29.5 Å². The Hall–Kier alpha value is -5.32. The molecule has 8 rings (SSSR count). The van der Waals surface area contributed by atoms with Gasteiger partial charge < -0.3 is 4.42 Å². The van der Waals surface area contributed by atoms with Crippen molar-refractivity contribution in [3.05, 3.63) is 146 Å². The number of rotatable bonds is 5. The van der Waals surface area contributed by atoms with Crippen LogP contribution in [0.3, 0.4) is 0 Å². The van der Waals surface area contributed by atoms with E-state index in [1.165, 1.54) is 36.9 Å². The van der Waals surface area contributed by atoms with Crippen LogP contribution < -0.4 is 0 Å². The molecule has 5 aromatic carbocycles. The Labute approximate surface area is 247 Å². The largest absolute Gasteiger partial charge is 0.461 e. The normalized spacial score (nSPS) is 11.3. The van der Waals surface area contributed by atoms with Gasteiger partial charge in [0.25, 0.3) is 0 Å². The molecule has 3 aromatic heterocycles. The fourth-order valence-corrected chi connectivity index (χ4v) is 6.78. The smallest absolute Gasteiger partial charge is 0.196 e. The Bertz CT molecular complexity index is 2180.